The Morgan fingerprint density at radius 3 is 2.62 bits per heavy atom. The quantitative estimate of drug-likeness (QED) is 0.869. The Labute approximate surface area is 119 Å². The van der Waals surface area contributed by atoms with Crippen molar-refractivity contribution in [2.45, 2.75) is 42.9 Å². The zero-order valence-corrected chi connectivity index (χ0v) is 11.7. The minimum atomic E-state index is -4.35. The van der Waals surface area contributed by atoms with Crippen LogP contribution in [0.2, 0.25) is 0 Å². The molecule has 0 aromatic carbocycles. The Balaban J connectivity index is 2.12. The Bertz CT molecular complexity index is 604. The maximum absolute atomic E-state index is 13.4. The second-order valence-corrected chi connectivity index (χ2v) is 6.64. The van der Waals surface area contributed by atoms with Gasteiger partial charge in [0.05, 0.1) is 5.92 Å². The molecule has 1 N–H and O–H groups in total. The molecule has 1 aliphatic rings. The molecule has 0 aliphatic heterocycles. The lowest BCUT2D eigenvalue weighted by Crippen LogP contribution is -2.41. The van der Waals surface area contributed by atoms with Crippen LogP contribution in [0.25, 0.3) is 0 Å². The molecule has 1 heterocycles. The van der Waals surface area contributed by atoms with Crippen molar-refractivity contribution in [1.29, 1.82) is 0 Å². The van der Waals surface area contributed by atoms with E-state index >= 15 is 0 Å². The molecule has 0 amide bonds. The molecular weight excluding hydrogens is 312 g/mol. The highest BCUT2D eigenvalue weighted by Crippen LogP contribution is 2.37. The fourth-order valence-corrected chi connectivity index (χ4v) is 3.73. The van der Waals surface area contributed by atoms with Crippen LogP contribution in [0.4, 0.5) is 17.6 Å². The van der Waals surface area contributed by atoms with E-state index in [9.17, 15) is 26.0 Å². The number of hydrogen-bond acceptors (Lipinski definition) is 3. The van der Waals surface area contributed by atoms with E-state index in [0.717, 1.165) is 12.3 Å². The molecule has 9 heteroatoms. The van der Waals surface area contributed by atoms with Gasteiger partial charge in [-0.15, -0.1) is 0 Å². The highest BCUT2D eigenvalue weighted by Gasteiger charge is 2.43. The number of rotatable bonds is 3. The molecule has 21 heavy (non-hydrogen) atoms. The maximum Gasteiger partial charge on any atom is 0.391 e. The van der Waals surface area contributed by atoms with E-state index in [1.807, 2.05) is 0 Å². The van der Waals surface area contributed by atoms with Crippen LogP contribution in [0, 0.1) is 11.7 Å². The van der Waals surface area contributed by atoms with Gasteiger partial charge >= 0.3 is 6.18 Å². The van der Waals surface area contributed by atoms with Crippen LogP contribution in [0.5, 0.6) is 0 Å². The average Bonchev–Trinajstić information content (AvgIpc) is 2.37. The zero-order valence-electron chi connectivity index (χ0n) is 10.9. The van der Waals surface area contributed by atoms with Gasteiger partial charge in [0.15, 0.2) is 5.82 Å². The molecule has 1 aromatic heterocycles. The molecule has 2 unspecified atom stereocenters. The van der Waals surface area contributed by atoms with E-state index in [-0.39, 0.29) is 19.3 Å². The van der Waals surface area contributed by atoms with Crippen LogP contribution in [0.3, 0.4) is 0 Å². The topological polar surface area (TPSA) is 59.1 Å². The molecule has 1 aliphatic carbocycles. The summed E-state index contributed by atoms with van der Waals surface area (Å²) in [6.07, 6.45) is -3.03. The van der Waals surface area contributed by atoms with Crippen molar-refractivity contribution in [3.8, 4) is 0 Å². The fraction of sp³-hybridized carbons (Fsp3) is 0.583. The molecule has 2 atom stereocenters. The molecule has 0 spiro atoms. The van der Waals surface area contributed by atoms with Crippen LogP contribution in [0.15, 0.2) is 23.4 Å². The lowest BCUT2D eigenvalue weighted by molar-refractivity contribution is -0.183. The van der Waals surface area contributed by atoms with Crippen LogP contribution in [0.1, 0.15) is 25.7 Å². The summed E-state index contributed by atoms with van der Waals surface area (Å²) in [5.74, 6) is -2.57. The third-order valence-electron chi connectivity index (χ3n) is 3.44. The summed E-state index contributed by atoms with van der Waals surface area (Å²) in [6, 6.07) is 1.30. The van der Waals surface area contributed by atoms with Gasteiger partial charge in [-0.2, -0.15) is 13.2 Å². The summed E-state index contributed by atoms with van der Waals surface area (Å²) < 4.78 is 77.6. The van der Waals surface area contributed by atoms with Gasteiger partial charge in [0, 0.05) is 12.2 Å². The Hall–Kier alpha value is -1.22. The SMILES string of the molecule is O=S(=O)(NC1CCCC(C(F)(F)F)C1)c1ncccc1F. The minimum absolute atomic E-state index is 0.0142. The Morgan fingerprint density at radius 1 is 1.29 bits per heavy atom. The number of sulfonamides is 1. The Morgan fingerprint density at radius 2 is 2.00 bits per heavy atom. The molecule has 0 radical (unpaired) electrons. The molecule has 2 rings (SSSR count). The molecule has 1 saturated carbocycles. The second-order valence-electron chi connectivity index (χ2n) is 5.01. The highest BCUT2D eigenvalue weighted by atomic mass is 32.2. The number of halogens is 4. The molecule has 118 valence electrons. The van der Waals surface area contributed by atoms with Gasteiger partial charge in [-0.05, 0) is 31.4 Å². The van der Waals surface area contributed by atoms with E-state index in [1.165, 1.54) is 6.07 Å². The summed E-state index contributed by atoms with van der Waals surface area (Å²) in [5, 5.41) is -0.792. The van der Waals surface area contributed by atoms with E-state index in [2.05, 4.69) is 9.71 Å². The monoisotopic (exact) mass is 326 g/mol. The van der Waals surface area contributed by atoms with Crippen molar-refractivity contribution in [1.82, 2.24) is 9.71 Å². The first-order valence-electron chi connectivity index (χ1n) is 6.40. The number of hydrogen-bond donors (Lipinski definition) is 1. The summed E-state index contributed by atoms with van der Waals surface area (Å²) in [5.41, 5.74) is 0. The van der Waals surface area contributed by atoms with E-state index in [0.29, 0.717) is 6.42 Å². The molecule has 0 saturated heterocycles. The largest absolute Gasteiger partial charge is 0.391 e. The first-order chi connectivity index (χ1) is 9.70. The smallest absolute Gasteiger partial charge is 0.241 e. The van der Waals surface area contributed by atoms with Crippen molar-refractivity contribution >= 4 is 10.0 Å². The minimum Gasteiger partial charge on any atom is -0.241 e. The van der Waals surface area contributed by atoms with E-state index < -0.39 is 39.0 Å². The maximum atomic E-state index is 13.4. The van der Waals surface area contributed by atoms with Gasteiger partial charge in [-0.1, -0.05) is 6.42 Å². The third kappa shape index (κ3) is 3.91. The summed E-state index contributed by atoms with van der Waals surface area (Å²) in [4.78, 5) is 3.44. The number of alkyl halides is 3. The van der Waals surface area contributed by atoms with Crippen molar-refractivity contribution < 1.29 is 26.0 Å². The second kappa shape index (κ2) is 5.88. The Kier molecular flexibility index (Phi) is 4.52. The van der Waals surface area contributed by atoms with Gasteiger partial charge in [0.1, 0.15) is 0 Å². The zero-order chi connectivity index (χ0) is 15.7. The summed E-state index contributed by atoms with van der Waals surface area (Å²) in [7, 11) is -4.26. The van der Waals surface area contributed by atoms with Crippen LogP contribution < -0.4 is 4.72 Å². The lowest BCUT2D eigenvalue weighted by Gasteiger charge is -2.30. The van der Waals surface area contributed by atoms with Gasteiger partial charge in [-0.25, -0.2) is 22.5 Å². The van der Waals surface area contributed by atoms with Gasteiger partial charge in [0.2, 0.25) is 5.03 Å². The first kappa shape index (κ1) is 16.2. The van der Waals surface area contributed by atoms with Gasteiger partial charge < -0.3 is 0 Å². The van der Waals surface area contributed by atoms with Crippen molar-refractivity contribution in [2.75, 3.05) is 0 Å². The van der Waals surface area contributed by atoms with Crippen LogP contribution in [-0.4, -0.2) is 25.6 Å². The number of nitrogens with zero attached hydrogens (tertiary/aromatic N) is 1. The van der Waals surface area contributed by atoms with E-state index in [1.54, 1.807) is 0 Å². The standard InChI is InChI=1S/C12H14F4N2O2S/c13-10-5-2-6-17-11(10)21(19,20)18-9-4-1-3-8(7-9)12(14,15)16/h2,5-6,8-9,18H,1,3-4,7H2. The van der Waals surface area contributed by atoms with Gasteiger partial charge in [0.25, 0.3) is 10.0 Å². The summed E-state index contributed by atoms with van der Waals surface area (Å²) >= 11 is 0. The highest BCUT2D eigenvalue weighted by molar-refractivity contribution is 7.89. The van der Waals surface area contributed by atoms with E-state index in [4.69, 9.17) is 0 Å². The number of aromatic nitrogens is 1. The molecule has 0 bridgehead atoms. The van der Waals surface area contributed by atoms with Crippen molar-refractivity contribution in [3.63, 3.8) is 0 Å². The van der Waals surface area contributed by atoms with Gasteiger partial charge in [-0.3, -0.25) is 0 Å². The third-order valence-corrected chi connectivity index (χ3v) is 4.89. The van der Waals surface area contributed by atoms with Crippen molar-refractivity contribution in [2.24, 2.45) is 5.92 Å². The molecule has 4 nitrogen and oxygen atoms in total. The summed E-state index contributed by atoms with van der Waals surface area (Å²) in [6.45, 7) is 0. The molecule has 1 aromatic rings. The molecule has 1 fully saturated rings. The predicted octanol–water partition coefficient (Wildman–Crippen LogP) is 2.62. The molecular formula is C12H14F4N2O2S. The fourth-order valence-electron chi connectivity index (χ4n) is 2.44. The predicted molar refractivity (Wildman–Crippen MR) is 66.3 cm³/mol. The number of nitrogens with one attached hydrogen (secondary N) is 1. The average molecular weight is 326 g/mol. The van der Waals surface area contributed by atoms with Crippen molar-refractivity contribution in [3.05, 3.63) is 24.1 Å². The van der Waals surface area contributed by atoms with Crippen LogP contribution in [-0.2, 0) is 10.0 Å². The first-order valence-corrected chi connectivity index (χ1v) is 7.88. The normalized spacial score (nSPS) is 24.0. The lowest BCUT2D eigenvalue weighted by atomic mass is 9.86. The van der Waals surface area contributed by atoms with Crippen LogP contribution >= 0.6 is 0 Å². The number of pyridine rings is 1.